The smallest absolute Gasteiger partial charge is 0.413 e. The number of hydrogen-bond acceptors (Lipinski definition) is 5. The van der Waals surface area contributed by atoms with Crippen molar-refractivity contribution >= 4 is 23.5 Å². The maximum atomic E-state index is 12.2. The zero-order chi connectivity index (χ0) is 19.4. The Morgan fingerprint density at radius 3 is 2.78 bits per heavy atom. The number of halogens is 1. The third-order valence-electron chi connectivity index (χ3n) is 4.53. The molecule has 1 saturated heterocycles. The molecule has 0 radical (unpaired) electrons. The molecule has 7 heteroatoms. The summed E-state index contributed by atoms with van der Waals surface area (Å²) in [7, 11) is 0. The summed E-state index contributed by atoms with van der Waals surface area (Å²) in [4.78, 5) is 14.5. The van der Waals surface area contributed by atoms with Crippen LogP contribution in [-0.2, 0) is 16.7 Å². The van der Waals surface area contributed by atoms with Gasteiger partial charge in [0, 0.05) is 29.6 Å². The van der Waals surface area contributed by atoms with E-state index in [1.54, 1.807) is 6.07 Å². The van der Waals surface area contributed by atoms with Gasteiger partial charge in [-0.3, -0.25) is 10.2 Å². The molecule has 2 aromatic rings. The highest BCUT2D eigenvalue weighted by Gasteiger charge is 2.24. The van der Waals surface area contributed by atoms with Crippen LogP contribution in [0, 0.1) is 0 Å². The lowest BCUT2D eigenvalue weighted by Crippen LogP contribution is -2.40. The number of rotatable bonds is 4. The van der Waals surface area contributed by atoms with Crippen molar-refractivity contribution in [2.45, 2.75) is 51.7 Å². The number of benzene rings is 1. The molecule has 1 unspecified atom stereocenters. The summed E-state index contributed by atoms with van der Waals surface area (Å²) in [6, 6.07) is 9.57. The molecule has 1 aromatic carbocycles. The van der Waals surface area contributed by atoms with E-state index in [-0.39, 0.29) is 11.5 Å². The molecule has 1 aliphatic rings. The predicted octanol–water partition coefficient (Wildman–Crippen LogP) is 4.84. The first kappa shape index (κ1) is 19.7. The quantitative estimate of drug-likeness (QED) is 0.807. The van der Waals surface area contributed by atoms with Crippen molar-refractivity contribution < 1.29 is 14.1 Å². The highest BCUT2D eigenvalue weighted by atomic mass is 35.5. The zero-order valence-electron chi connectivity index (χ0n) is 16.0. The number of anilines is 1. The van der Waals surface area contributed by atoms with E-state index in [2.05, 4.69) is 15.4 Å². The Morgan fingerprint density at radius 2 is 2.11 bits per heavy atom. The summed E-state index contributed by atoms with van der Waals surface area (Å²) >= 11 is 5.94. The Hall–Kier alpha value is -2.05. The van der Waals surface area contributed by atoms with Crippen molar-refractivity contribution in [3.05, 3.63) is 46.7 Å². The van der Waals surface area contributed by atoms with E-state index in [1.807, 2.05) is 45.0 Å². The number of amides is 1. The van der Waals surface area contributed by atoms with Gasteiger partial charge in [0.1, 0.15) is 11.9 Å². The van der Waals surface area contributed by atoms with E-state index in [9.17, 15) is 4.79 Å². The normalized spacial score (nSPS) is 18.3. The van der Waals surface area contributed by atoms with E-state index in [1.165, 1.54) is 5.56 Å². The minimum absolute atomic E-state index is 0.139. The molecule has 0 aliphatic carbocycles. The molecule has 1 aliphatic heterocycles. The highest BCUT2D eigenvalue weighted by Crippen LogP contribution is 2.24. The summed E-state index contributed by atoms with van der Waals surface area (Å²) in [6.45, 7) is 8.58. The summed E-state index contributed by atoms with van der Waals surface area (Å²) in [5, 5.41) is 7.27. The fourth-order valence-corrected chi connectivity index (χ4v) is 3.20. The Labute approximate surface area is 164 Å². The molecule has 6 nitrogen and oxygen atoms in total. The van der Waals surface area contributed by atoms with E-state index < -0.39 is 6.09 Å². The van der Waals surface area contributed by atoms with E-state index in [4.69, 9.17) is 20.9 Å². The number of carbonyl (C=O) groups is 1. The van der Waals surface area contributed by atoms with E-state index >= 15 is 0 Å². The number of carbonyl (C=O) groups excluding carboxylic acids is 1. The second-order valence-electron chi connectivity index (χ2n) is 7.98. The van der Waals surface area contributed by atoms with Crippen molar-refractivity contribution in [3.8, 4) is 0 Å². The summed E-state index contributed by atoms with van der Waals surface area (Å²) < 4.78 is 10.9. The molecular formula is C20H26ClN3O3. The van der Waals surface area contributed by atoms with Crippen molar-refractivity contribution in [1.29, 1.82) is 0 Å². The van der Waals surface area contributed by atoms with Gasteiger partial charge in [-0.1, -0.05) is 49.7 Å². The largest absolute Gasteiger partial charge is 0.445 e. The number of hydrogen-bond donors (Lipinski definition) is 1. The third kappa shape index (κ3) is 5.71. The molecule has 1 amide bonds. The number of nitrogens with one attached hydrogen (secondary N) is 1. The monoisotopic (exact) mass is 391 g/mol. The molecule has 1 N–H and O–H groups in total. The van der Waals surface area contributed by atoms with Crippen LogP contribution in [0.15, 0.2) is 34.9 Å². The van der Waals surface area contributed by atoms with Crippen LogP contribution in [0.2, 0.25) is 5.02 Å². The topological polar surface area (TPSA) is 67.6 Å². The minimum atomic E-state index is -0.498. The van der Waals surface area contributed by atoms with Crippen molar-refractivity contribution in [1.82, 2.24) is 10.1 Å². The number of likely N-dealkylation sites (tertiary alicyclic amines) is 1. The third-order valence-corrected chi connectivity index (χ3v) is 4.79. The van der Waals surface area contributed by atoms with Gasteiger partial charge in [0.05, 0.1) is 0 Å². The molecule has 0 bridgehead atoms. The van der Waals surface area contributed by atoms with Crippen molar-refractivity contribution in [2.75, 3.05) is 18.4 Å². The molecule has 0 spiro atoms. The Bertz CT molecular complexity index is 768. The fraction of sp³-hybridized carbons (Fsp3) is 0.500. The van der Waals surface area contributed by atoms with Crippen LogP contribution in [-0.4, -0.2) is 35.3 Å². The number of aromatic nitrogens is 1. The van der Waals surface area contributed by atoms with Gasteiger partial charge in [-0.25, -0.2) is 4.79 Å². The number of nitrogens with zero attached hydrogens (tertiary/aromatic N) is 2. The van der Waals surface area contributed by atoms with Crippen molar-refractivity contribution in [2.24, 2.45) is 0 Å². The van der Waals surface area contributed by atoms with Gasteiger partial charge in [0.2, 0.25) is 0 Å². The maximum absolute atomic E-state index is 12.2. The molecule has 27 heavy (non-hydrogen) atoms. The van der Waals surface area contributed by atoms with Gasteiger partial charge in [-0.2, -0.15) is 0 Å². The van der Waals surface area contributed by atoms with E-state index in [0.29, 0.717) is 18.1 Å². The summed E-state index contributed by atoms with van der Waals surface area (Å²) in [5.74, 6) is 1.09. The molecule has 1 aromatic heterocycles. The molecule has 1 fully saturated rings. The number of ether oxygens (including phenoxy) is 1. The van der Waals surface area contributed by atoms with Gasteiger partial charge in [-0.05, 0) is 37.1 Å². The average Bonchev–Trinajstić information content (AvgIpc) is 3.06. The lowest BCUT2D eigenvalue weighted by molar-refractivity contribution is 0.0470. The molecule has 146 valence electrons. The Balaban J connectivity index is 1.50. The molecule has 0 saturated carbocycles. The Morgan fingerprint density at radius 1 is 1.37 bits per heavy atom. The zero-order valence-corrected chi connectivity index (χ0v) is 16.8. The summed E-state index contributed by atoms with van der Waals surface area (Å²) in [5.41, 5.74) is 1.03. The van der Waals surface area contributed by atoms with Gasteiger partial charge >= 0.3 is 6.09 Å². The van der Waals surface area contributed by atoms with Crippen LogP contribution >= 0.6 is 11.6 Å². The molecular weight excluding hydrogens is 366 g/mol. The van der Waals surface area contributed by atoms with Crippen molar-refractivity contribution in [3.63, 3.8) is 0 Å². The standard InChI is InChI=1S/C20H26ClN3O3/c1-20(2,3)17-11-18(23-27-17)22-19(25)26-16-5-4-10-24(13-16)12-14-6-8-15(21)9-7-14/h6-9,11,16H,4-5,10,12-13H2,1-3H3,(H,22,23,25). The summed E-state index contributed by atoms with van der Waals surface area (Å²) in [6.07, 6.45) is 1.21. The van der Waals surface area contributed by atoms with Gasteiger partial charge in [0.25, 0.3) is 0 Å². The van der Waals surface area contributed by atoms with Crippen LogP contribution < -0.4 is 5.32 Å². The first-order chi connectivity index (χ1) is 12.8. The van der Waals surface area contributed by atoms with Gasteiger partial charge < -0.3 is 9.26 Å². The van der Waals surface area contributed by atoms with Gasteiger partial charge in [0.15, 0.2) is 5.82 Å². The molecule has 2 heterocycles. The maximum Gasteiger partial charge on any atom is 0.413 e. The minimum Gasteiger partial charge on any atom is -0.445 e. The predicted molar refractivity (Wildman–Crippen MR) is 105 cm³/mol. The van der Waals surface area contributed by atoms with Crippen LogP contribution in [0.4, 0.5) is 10.6 Å². The lowest BCUT2D eigenvalue weighted by Gasteiger charge is -2.32. The Kier molecular flexibility index (Phi) is 6.07. The average molecular weight is 392 g/mol. The lowest BCUT2D eigenvalue weighted by atomic mass is 9.93. The SMILES string of the molecule is CC(C)(C)c1cc(NC(=O)OC2CCCN(Cc3ccc(Cl)cc3)C2)no1. The first-order valence-corrected chi connectivity index (χ1v) is 9.59. The van der Waals surface area contributed by atoms with E-state index in [0.717, 1.165) is 31.0 Å². The second-order valence-corrected chi connectivity index (χ2v) is 8.42. The first-order valence-electron chi connectivity index (χ1n) is 9.21. The fourth-order valence-electron chi connectivity index (χ4n) is 3.07. The molecule has 1 atom stereocenters. The number of piperidine rings is 1. The molecule has 3 rings (SSSR count). The van der Waals surface area contributed by atoms with Gasteiger partial charge in [-0.15, -0.1) is 0 Å². The van der Waals surface area contributed by atoms with Crippen LogP contribution in [0.25, 0.3) is 0 Å². The highest BCUT2D eigenvalue weighted by molar-refractivity contribution is 6.30. The van der Waals surface area contributed by atoms with Crippen LogP contribution in [0.1, 0.15) is 44.9 Å². The second kappa shape index (κ2) is 8.31. The van der Waals surface area contributed by atoms with Crippen LogP contribution in [0.3, 0.4) is 0 Å². The van der Waals surface area contributed by atoms with Crippen LogP contribution in [0.5, 0.6) is 0 Å².